The third kappa shape index (κ3) is 0.360. The van der Waals surface area contributed by atoms with Crippen molar-refractivity contribution in [3.05, 3.63) is 12.4 Å². The van der Waals surface area contributed by atoms with Gasteiger partial charge in [-0.3, -0.25) is 0 Å². The summed E-state index contributed by atoms with van der Waals surface area (Å²) < 4.78 is 0. The summed E-state index contributed by atoms with van der Waals surface area (Å²) in [6.45, 7) is 5.06. The summed E-state index contributed by atoms with van der Waals surface area (Å²) in [7, 11) is 0. The Labute approximate surface area is 35.9 Å². The molecule has 0 spiro atoms. The lowest BCUT2D eigenvalue weighted by Crippen LogP contribution is -1.56. The average molecular weight is 79.1 g/mol. The monoisotopic (exact) mass is 79.0 g/mol. The molecule has 0 amide bonds. The predicted molar refractivity (Wildman–Crippen MR) is 24.8 cm³/mol. The number of nitrogens with zero attached hydrogens (tertiary/aromatic N) is 2. The molecule has 1 aliphatic heterocycles. The Morgan fingerprint density at radius 2 is 1.83 bits per heavy atom. The van der Waals surface area contributed by atoms with Gasteiger partial charge in [-0.2, -0.15) is 0 Å². The molecule has 0 unspecified atom stereocenters. The van der Waals surface area contributed by atoms with E-state index in [1.807, 2.05) is 0 Å². The van der Waals surface area contributed by atoms with Gasteiger partial charge in [-0.15, -0.1) is 0 Å². The van der Waals surface area contributed by atoms with Crippen LogP contribution >= 0.6 is 0 Å². The van der Waals surface area contributed by atoms with E-state index in [0.29, 0.717) is 5.82 Å². The quantitative estimate of drug-likeness (QED) is 0.402. The van der Waals surface area contributed by atoms with Crippen molar-refractivity contribution in [1.82, 2.24) is 0 Å². The summed E-state index contributed by atoms with van der Waals surface area (Å²) in [5.41, 5.74) is 0. The first-order valence-electron chi connectivity index (χ1n) is 1.59. The fraction of sp³-hybridized carbons (Fsp3) is 0. The van der Waals surface area contributed by atoms with Crippen molar-refractivity contribution in [3.8, 4) is 0 Å². The summed E-state index contributed by atoms with van der Waals surface area (Å²) in [4.78, 5) is 7.17. The van der Waals surface area contributed by atoms with E-state index in [1.165, 1.54) is 0 Å². The van der Waals surface area contributed by atoms with Gasteiger partial charge >= 0.3 is 0 Å². The van der Waals surface area contributed by atoms with Crippen LogP contribution in [-0.2, 0) is 0 Å². The Morgan fingerprint density at radius 3 is 2.00 bits per heavy atom. The smallest absolute Gasteiger partial charge is 0.151 e. The van der Waals surface area contributed by atoms with E-state index in [0.717, 1.165) is 0 Å². The topological polar surface area (TPSA) is 24.7 Å². The number of hydrogen-bond acceptors (Lipinski definition) is 2. The highest BCUT2D eigenvalue weighted by Gasteiger charge is 1.83. The van der Waals surface area contributed by atoms with Crippen molar-refractivity contribution in [1.29, 1.82) is 0 Å². The molecular weight excluding hydrogens is 76.1 g/mol. The molecule has 0 aliphatic carbocycles. The zero-order valence-corrected chi connectivity index (χ0v) is 3.13. The first kappa shape index (κ1) is 3.28. The number of hydrogen-bond donors (Lipinski definition) is 0. The molecule has 0 saturated carbocycles. The fourth-order valence-corrected chi connectivity index (χ4v) is 0.253. The average Bonchev–Trinajstić information content (AvgIpc) is 1.86. The molecule has 6 heavy (non-hydrogen) atoms. The van der Waals surface area contributed by atoms with Crippen LogP contribution < -0.4 is 0 Å². The minimum atomic E-state index is 0.343. The lowest BCUT2D eigenvalue weighted by molar-refractivity contribution is 1.30. The highest BCUT2D eigenvalue weighted by Crippen LogP contribution is 1.93. The number of aliphatic imine (C=N–C) groups is 2. The van der Waals surface area contributed by atoms with Gasteiger partial charge in [-0.05, 0) is 6.58 Å². The summed E-state index contributed by atoms with van der Waals surface area (Å²) in [6.07, 6.45) is 3.10. The zero-order valence-electron chi connectivity index (χ0n) is 3.13. The van der Waals surface area contributed by atoms with Crippen molar-refractivity contribution in [3.63, 3.8) is 0 Å². The van der Waals surface area contributed by atoms with Crippen molar-refractivity contribution < 1.29 is 0 Å². The molecule has 0 aromatic rings. The molecule has 0 aromatic carbocycles. The van der Waals surface area contributed by atoms with Crippen molar-refractivity contribution in [2.45, 2.75) is 0 Å². The van der Waals surface area contributed by atoms with Gasteiger partial charge in [0.15, 0.2) is 5.82 Å². The van der Waals surface area contributed by atoms with Gasteiger partial charge in [-0.1, -0.05) is 0 Å². The highest BCUT2D eigenvalue weighted by atomic mass is 15.0. The van der Waals surface area contributed by atoms with Gasteiger partial charge in [0.1, 0.15) is 0 Å². The Hall–Kier alpha value is -0.920. The van der Waals surface area contributed by atoms with Crippen molar-refractivity contribution in [2.75, 3.05) is 0 Å². The summed E-state index contributed by atoms with van der Waals surface area (Å²) >= 11 is 0. The lowest BCUT2D eigenvalue weighted by atomic mass is 10.9. The van der Waals surface area contributed by atoms with E-state index in [9.17, 15) is 0 Å². The second-order valence-corrected chi connectivity index (χ2v) is 0.915. The Morgan fingerprint density at radius 1 is 1.33 bits per heavy atom. The van der Waals surface area contributed by atoms with E-state index < -0.39 is 0 Å². The third-order valence-corrected chi connectivity index (χ3v) is 0.480. The van der Waals surface area contributed by atoms with Gasteiger partial charge in [0.2, 0.25) is 0 Å². The molecule has 1 heterocycles. The molecule has 0 aromatic heterocycles. The third-order valence-electron chi connectivity index (χ3n) is 0.480. The van der Waals surface area contributed by atoms with Gasteiger partial charge in [0.25, 0.3) is 0 Å². The second kappa shape index (κ2) is 1.05. The molecule has 0 atom stereocenters. The van der Waals surface area contributed by atoms with Crippen LogP contribution in [-0.4, -0.2) is 12.4 Å². The van der Waals surface area contributed by atoms with E-state index in [1.54, 1.807) is 12.4 Å². The van der Waals surface area contributed by atoms with E-state index in [4.69, 9.17) is 6.58 Å². The maximum Gasteiger partial charge on any atom is 0.151 e. The fourth-order valence-electron chi connectivity index (χ4n) is 0.253. The van der Waals surface area contributed by atoms with Crippen LogP contribution in [0.1, 0.15) is 0 Å². The van der Waals surface area contributed by atoms with E-state index >= 15 is 0 Å². The summed E-state index contributed by atoms with van der Waals surface area (Å²) in [5, 5.41) is 0. The molecule has 29 valence electrons. The molecule has 2 nitrogen and oxygen atoms in total. The van der Waals surface area contributed by atoms with E-state index in [-0.39, 0.29) is 0 Å². The van der Waals surface area contributed by atoms with Crippen LogP contribution in [0.2, 0.25) is 0 Å². The predicted octanol–water partition coefficient (Wildman–Crippen LogP) is 0.416. The molecule has 0 fully saturated rings. The summed E-state index contributed by atoms with van der Waals surface area (Å²) in [5.74, 6) is 0.343. The molecule has 0 saturated heterocycles. The van der Waals surface area contributed by atoms with Crippen LogP contribution in [0.3, 0.4) is 0 Å². The minimum Gasteiger partial charge on any atom is -0.236 e. The second-order valence-electron chi connectivity index (χ2n) is 0.915. The lowest BCUT2D eigenvalue weighted by Gasteiger charge is -1.70. The van der Waals surface area contributed by atoms with Crippen LogP contribution in [0.25, 0.3) is 0 Å². The van der Waals surface area contributed by atoms with Crippen LogP contribution in [0, 0.1) is 6.58 Å². The first-order chi connectivity index (χ1) is 2.89. The number of rotatable bonds is 0. The molecule has 1 aliphatic rings. The maximum atomic E-state index is 5.06. The molecule has 0 N–H and O–H groups in total. The molecule has 0 bridgehead atoms. The van der Waals surface area contributed by atoms with Gasteiger partial charge in [0.05, 0.1) is 0 Å². The van der Waals surface area contributed by atoms with Crippen LogP contribution in [0.4, 0.5) is 0 Å². The van der Waals surface area contributed by atoms with Crippen molar-refractivity contribution >= 4 is 12.4 Å². The minimum absolute atomic E-state index is 0.343. The maximum absolute atomic E-state index is 5.06. The van der Waals surface area contributed by atoms with Gasteiger partial charge in [-0.25, -0.2) is 9.98 Å². The highest BCUT2D eigenvalue weighted by molar-refractivity contribution is 6.18. The Bertz CT molecular complexity index is 108. The largest absolute Gasteiger partial charge is 0.236 e. The standard InChI is InChI=1S/C4H3N2/c1-4-5-2-3-6-4/h1-3H. The van der Waals surface area contributed by atoms with Crippen LogP contribution in [0.5, 0.6) is 0 Å². The van der Waals surface area contributed by atoms with E-state index in [2.05, 4.69) is 9.98 Å². The molecule has 1 radical (unpaired) electrons. The SMILES string of the molecule is [CH]=C1N=CC=N1. The van der Waals surface area contributed by atoms with Crippen LogP contribution in [0.15, 0.2) is 15.8 Å². The normalized spacial score (nSPS) is 17.0. The van der Waals surface area contributed by atoms with Gasteiger partial charge < -0.3 is 0 Å². The first-order valence-corrected chi connectivity index (χ1v) is 1.59. The zero-order chi connectivity index (χ0) is 4.41. The Kier molecular flexibility index (Phi) is 0.572. The van der Waals surface area contributed by atoms with Crippen molar-refractivity contribution in [2.24, 2.45) is 9.98 Å². The molecular formula is C4H3N2. The Balaban J connectivity index is 2.86. The van der Waals surface area contributed by atoms with Gasteiger partial charge in [0, 0.05) is 12.4 Å². The molecule has 1 rings (SSSR count). The molecule has 2 heteroatoms. The summed E-state index contributed by atoms with van der Waals surface area (Å²) in [6, 6.07) is 0.